The molecule has 110 valence electrons. The first-order valence-corrected chi connectivity index (χ1v) is 6.75. The van der Waals surface area contributed by atoms with Crippen LogP contribution in [0.25, 0.3) is 0 Å². The number of hydrogen-bond donors (Lipinski definition) is 1. The van der Waals surface area contributed by atoms with Crippen molar-refractivity contribution in [2.24, 2.45) is 11.1 Å². The molecule has 1 heterocycles. The standard InChI is InChI=1S/C13H25N3O3/c1-13(2,3)10-12(18)19-16-8-6-15(7-9-16)11(17)4-5-14/h4-10,14H2,1-3H3. The lowest BCUT2D eigenvalue weighted by Crippen LogP contribution is -2.49. The summed E-state index contributed by atoms with van der Waals surface area (Å²) in [4.78, 5) is 30.4. The highest BCUT2D eigenvalue weighted by atomic mass is 16.7. The molecule has 0 aromatic heterocycles. The fourth-order valence-corrected chi connectivity index (χ4v) is 1.92. The van der Waals surface area contributed by atoms with Crippen LogP contribution < -0.4 is 5.73 Å². The van der Waals surface area contributed by atoms with Gasteiger partial charge in [-0.15, -0.1) is 5.06 Å². The third-order valence-electron chi connectivity index (χ3n) is 2.86. The number of hydrogen-bond acceptors (Lipinski definition) is 5. The van der Waals surface area contributed by atoms with Crippen molar-refractivity contribution in [3.8, 4) is 0 Å². The lowest BCUT2D eigenvalue weighted by Gasteiger charge is -2.33. The summed E-state index contributed by atoms with van der Waals surface area (Å²) < 4.78 is 0. The average molecular weight is 271 g/mol. The second kappa shape index (κ2) is 6.86. The normalized spacial score (nSPS) is 17.4. The summed E-state index contributed by atoms with van der Waals surface area (Å²) in [6.07, 6.45) is 0.767. The maximum Gasteiger partial charge on any atom is 0.325 e. The SMILES string of the molecule is CC(C)(C)CC(=O)ON1CCN(C(=O)CCN)CC1. The second-order valence-corrected chi connectivity index (χ2v) is 6.05. The van der Waals surface area contributed by atoms with Gasteiger partial charge in [-0.25, -0.2) is 0 Å². The summed E-state index contributed by atoms with van der Waals surface area (Å²) in [5.74, 6) is -0.141. The van der Waals surface area contributed by atoms with Gasteiger partial charge in [-0.05, 0) is 5.41 Å². The second-order valence-electron chi connectivity index (χ2n) is 6.05. The van der Waals surface area contributed by atoms with E-state index in [0.717, 1.165) is 0 Å². The fourth-order valence-electron chi connectivity index (χ4n) is 1.92. The molecule has 0 atom stereocenters. The van der Waals surface area contributed by atoms with E-state index in [1.54, 1.807) is 9.96 Å². The molecule has 6 nitrogen and oxygen atoms in total. The van der Waals surface area contributed by atoms with Gasteiger partial charge in [0, 0.05) is 26.1 Å². The van der Waals surface area contributed by atoms with Crippen molar-refractivity contribution in [2.45, 2.75) is 33.6 Å². The molecule has 0 saturated carbocycles. The van der Waals surface area contributed by atoms with Crippen LogP contribution in [-0.2, 0) is 14.4 Å². The number of nitrogens with zero attached hydrogens (tertiary/aromatic N) is 2. The minimum absolute atomic E-state index is 0.0724. The molecular formula is C13H25N3O3. The van der Waals surface area contributed by atoms with E-state index >= 15 is 0 Å². The minimum atomic E-state index is -0.214. The lowest BCUT2D eigenvalue weighted by molar-refractivity contribution is -0.199. The zero-order valence-electron chi connectivity index (χ0n) is 12.1. The Kier molecular flexibility index (Phi) is 5.75. The van der Waals surface area contributed by atoms with Crippen LogP contribution in [0.5, 0.6) is 0 Å². The Bertz CT molecular complexity index is 318. The molecule has 1 fully saturated rings. The molecule has 1 rings (SSSR count). The van der Waals surface area contributed by atoms with E-state index in [9.17, 15) is 9.59 Å². The van der Waals surface area contributed by atoms with Crippen LogP contribution in [0, 0.1) is 5.41 Å². The molecule has 1 aliphatic rings. The number of amides is 1. The van der Waals surface area contributed by atoms with Gasteiger partial charge in [-0.3, -0.25) is 9.59 Å². The number of rotatable bonds is 4. The van der Waals surface area contributed by atoms with E-state index in [-0.39, 0.29) is 17.3 Å². The van der Waals surface area contributed by atoms with Crippen LogP contribution in [0.3, 0.4) is 0 Å². The predicted octanol–water partition coefficient (Wildman–Crippen LogP) is 0.374. The summed E-state index contributed by atoms with van der Waals surface area (Å²) in [5, 5.41) is 1.64. The van der Waals surface area contributed by atoms with E-state index in [4.69, 9.17) is 10.6 Å². The van der Waals surface area contributed by atoms with Gasteiger partial charge >= 0.3 is 5.97 Å². The maximum absolute atomic E-state index is 11.7. The molecule has 6 heteroatoms. The molecule has 0 aromatic rings. The van der Waals surface area contributed by atoms with Crippen molar-refractivity contribution in [2.75, 3.05) is 32.7 Å². The highest BCUT2D eigenvalue weighted by molar-refractivity contribution is 5.76. The Labute approximate surface area is 114 Å². The van der Waals surface area contributed by atoms with Crippen molar-refractivity contribution in [1.29, 1.82) is 0 Å². The topological polar surface area (TPSA) is 75.9 Å². The van der Waals surface area contributed by atoms with Crippen molar-refractivity contribution in [1.82, 2.24) is 9.96 Å². The van der Waals surface area contributed by atoms with Crippen molar-refractivity contribution >= 4 is 11.9 Å². The highest BCUT2D eigenvalue weighted by Gasteiger charge is 2.24. The van der Waals surface area contributed by atoms with Gasteiger partial charge in [0.05, 0.1) is 19.5 Å². The Morgan fingerprint density at radius 1 is 1.16 bits per heavy atom. The Balaban J connectivity index is 2.30. The lowest BCUT2D eigenvalue weighted by atomic mass is 9.93. The van der Waals surface area contributed by atoms with E-state index in [1.807, 2.05) is 20.8 Å². The number of hydroxylamine groups is 2. The molecule has 0 aliphatic carbocycles. The van der Waals surface area contributed by atoms with Crippen LogP contribution in [0.15, 0.2) is 0 Å². The van der Waals surface area contributed by atoms with Crippen LogP contribution in [0.1, 0.15) is 33.6 Å². The molecule has 0 radical (unpaired) electrons. The molecule has 2 N–H and O–H groups in total. The molecule has 1 amide bonds. The molecule has 0 bridgehead atoms. The summed E-state index contributed by atoms with van der Waals surface area (Å²) in [7, 11) is 0. The Morgan fingerprint density at radius 2 is 1.74 bits per heavy atom. The quantitative estimate of drug-likeness (QED) is 0.799. The number of nitrogens with two attached hydrogens (primary N) is 1. The third kappa shape index (κ3) is 6.02. The Hall–Kier alpha value is -1.14. The maximum atomic E-state index is 11.7. The highest BCUT2D eigenvalue weighted by Crippen LogP contribution is 2.19. The zero-order valence-corrected chi connectivity index (χ0v) is 12.1. The number of carbonyl (C=O) groups is 2. The largest absolute Gasteiger partial charge is 0.368 e. The van der Waals surface area contributed by atoms with Gasteiger partial charge < -0.3 is 15.5 Å². The van der Waals surface area contributed by atoms with E-state index in [2.05, 4.69) is 0 Å². The average Bonchev–Trinajstić information content (AvgIpc) is 2.27. The summed E-state index contributed by atoms with van der Waals surface area (Å²) in [5.41, 5.74) is 5.29. The molecular weight excluding hydrogens is 246 g/mol. The van der Waals surface area contributed by atoms with Gasteiger partial charge in [0.2, 0.25) is 5.91 Å². The molecule has 1 saturated heterocycles. The summed E-state index contributed by atoms with van der Waals surface area (Å²) in [6, 6.07) is 0. The first-order chi connectivity index (χ1) is 8.81. The Morgan fingerprint density at radius 3 is 2.21 bits per heavy atom. The fraction of sp³-hybridized carbons (Fsp3) is 0.846. The first kappa shape index (κ1) is 15.9. The van der Waals surface area contributed by atoms with E-state index in [1.165, 1.54) is 0 Å². The zero-order chi connectivity index (χ0) is 14.5. The minimum Gasteiger partial charge on any atom is -0.368 e. The molecule has 1 aliphatic heterocycles. The molecule has 0 aromatic carbocycles. The molecule has 0 unspecified atom stereocenters. The summed E-state index contributed by atoms with van der Waals surface area (Å²) in [6.45, 7) is 8.66. The number of piperazine rings is 1. The van der Waals surface area contributed by atoms with Crippen molar-refractivity contribution in [3.63, 3.8) is 0 Å². The van der Waals surface area contributed by atoms with Gasteiger partial charge in [0.15, 0.2) is 0 Å². The van der Waals surface area contributed by atoms with E-state index < -0.39 is 0 Å². The van der Waals surface area contributed by atoms with Gasteiger partial charge in [-0.1, -0.05) is 20.8 Å². The van der Waals surface area contributed by atoms with Crippen LogP contribution in [0.4, 0.5) is 0 Å². The number of carbonyl (C=O) groups excluding carboxylic acids is 2. The monoisotopic (exact) mass is 271 g/mol. The third-order valence-corrected chi connectivity index (χ3v) is 2.86. The predicted molar refractivity (Wildman–Crippen MR) is 72.0 cm³/mol. The van der Waals surface area contributed by atoms with Gasteiger partial charge in [0.25, 0.3) is 0 Å². The molecule has 0 spiro atoms. The van der Waals surface area contributed by atoms with Gasteiger partial charge in [0.1, 0.15) is 0 Å². The van der Waals surface area contributed by atoms with Crippen molar-refractivity contribution < 1.29 is 14.4 Å². The van der Waals surface area contributed by atoms with Gasteiger partial charge in [-0.2, -0.15) is 0 Å². The first-order valence-electron chi connectivity index (χ1n) is 6.75. The summed E-state index contributed by atoms with van der Waals surface area (Å²) >= 11 is 0. The van der Waals surface area contributed by atoms with Crippen molar-refractivity contribution in [3.05, 3.63) is 0 Å². The van der Waals surface area contributed by atoms with Crippen LogP contribution in [-0.4, -0.2) is 54.6 Å². The van der Waals surface area contributed by atoms with Crippen LogP contribution in [0.2, 0.25) is 0 Å². The molecule has 19 heavy (non-hydrogen) atoms. The van der Waals surface area contributed by atoms with Crippen LogP contribution >= 0.6 is 0 Å². The smallest absolute Gasteiger partial charge is 0.325 e. The van der Waals surface area contributed by atoms with E-state index in [0.29, 0.717) is 45.6 Å².